The number of fused-ring (bicyclic) bond motifs is 1. The summed E-state index contributed by atoms with van der Waals surface area (Å²) < 4.78 is 34.5. The molecule has 0 radical (unpaired) electrons. The fourth-order valence-corrected chi connectivity index (χ4v) is 5.38. The Balaban J connectivity index is 2.13. The highest BCUT2D eigenvalue weighted by molar-refractivity contribution is 7.89. The number of carbonyl (C=O) groups is 1. The normalized spacial score (nSPS) is 21.8. The number of amides is 1. The molecule has 31 heavy (non-hydrogen) atoms. The number of aliphatic hydroxyl groups excluding tert-OH is 1. The van der Waals surface area contributed by atoms with Crippen molar-refractivity contribution in [1.82, 2.24) is 14.2 Å². The Morgan fingerprint density at radius 2 is 2.10 bits per heavy atom. The number of benzene rings is 1. The van der Waals surface area contributed by atoms with Gasteiger partial charge in [-0.25, -0.2) is 8.42 Å². The van der Waals surface area contributed by atoms with Crippen LogP contribution in [-0.2, 0) is 14.8 Å². The molecule has 0 saturated heterocycles. The van der Waals surface area contributed by atoms with Gasteiger partial charge in [0.1, 0.15) is 16.7 Å². The van der Waals surface area contributed by atoms with Crippen molar-refractivity contribution in [1.29, 1.82) is 0 Å². The third kappa shape index (κ3) is 4.89. The van der Waals surface area contributed by atoms with E-state index in [4.69, 9.17) is 4.74 Å². The lowest BCUT2D eigenvalue weighted by Crippen LogP contribution is -2.50. The topological polar surface area (TPSA) is 100 Å². The molecular formula is C22H29N3O5S. The first-order valence-corrected chi connectivity index (χ1v) is 11.6. The Labute approximate surface area is 183 Å². The van der Waals surface area contributed by atoms with Crippen molar-refractivity contribution >= 4 is 15.9 Å². The van der Waals surface area contributed by atoms with Crippen molar-refractivity contribution in [3.8, 4) is 16.9 Å². The zero-order valence-electron chi connectivity index (χ0n) is 18.2. The van der Waals surface area contributed by atoms with E-state index in [-0.39, 0.29) is 35.6 Å². The molecule has 0 spiro atoms. The SMILES string of the molecule is CC(=O)N(C)C[C@H]1Oc2cc(-c3cccnc3)ccc2S(=O)(=O)N([C@@H](C)CO)C[C@H]1C. The molecule has 1 aliphatic heterocycles. The number of hydrogen-bond acceptors (Lipinski definition) is 6. The summed E-state index contributed by atoms with van der Waals surface area (Å²) in [6, 6.07) is 8.05. The van der Waals surface area contributed by atoms with Crippen LogP contribution in [0.15, 0.2) is 47.6 Å². The standard InChI is InChI=1S/C22H29N3O5S/c1-15-12-25(16(2)14-26)31(28,29)22-8-7-18(19-6-5-9-23-11-19)10-20(22)30-21(15)13-24(4)17(3)27/h5-11,15-16,21,26H,12-14H2,1-4H3/t15-,16+,21-/m1/s1. The monoisotopic (exact) mass is 447 g/mol. The predicted octanol–water partition coefficient (Wildman–Crippen LogP) is 2.00. The Morgan fingerprint density at radius 1 is 1.35 bits per heavy atom. The van der Waals surface area contributed by atoms with Crippen LogP contribution < -0.4 is 4.74 Å². The van der Waals surface area contributed by atoms with Gasteiger partial charge in [-0.1, -0.05) is 19.1 Å². The van der Waals surface area contributed by atoms with Crippen molar-refractivity contribution < 1.29 is 23.1 Å². The zero-order chi connectivity index (χ0) is 22.8. The summed E-state index contributed by atoms with van der Waals surface area (Å²) in [6.45, 7) is 5.23. The van der Waals surface area contributed by atoms with E-state index in [1.54, 1.807) is 49.5 Å². The molecule has 2 heterocycles. The number of pyridine rings is 1. The molecule has 1 aromatic carbocycles. The number of aliphatic hydroxyl groups is 1. The van der Waals surface area contributed by atoms with Crippen LogP contribution in [0.3, 0.4) is 0 Å². The second-order valence-corrected chi connectivity index (χ2v) is 9.90. The van der Waals surface area contributed by atoms with Crippen LogP contribution in [0, 0.1) is 5.92 Å². The molecule has 1 aromatic heterocycles. The Bertz CT molecular complexity index is 1030. The predicted molar refractivity (Wildman–Crippen MR) is 117 cm³/mol. The summed E-state index contributed by atoms with van der Waals surface area (Å²) in [6.07, 6.45) is 2.94. The highest BCUT2D eigenvalue weighted by Crippen LogP contribution is 2.36. The molecule has 1 amide bonds. The number of ether oxygens (including phenoxy) is 1. The average molecular weight is 448 g/mol. The molecule has 2 aromatic rings. The van der Waals surface area contributed by atoms with Gasteiger partial charge in [0.25, 0.3) is 0 Å². The number of nitrogens with zero attached hydrogens (tertiary/aromatic N) is 3. The van der Waals surface area contributed by atoms with Crippen LogP contribution in [0.25, 0.3) is 11.1 Å². The molecule has 0 aliphatic carbocycles. The summed E-state index contributed by atoms with van der Waals surface area (Å²) in [7, 11) is -2.21. The third-order valence-electron chi connectivity index (χ3n) is 5.65. The lowest BCUT2D eigenvalue weighted by atomic mass is 10.0. The summed E-state index contributed by atoms with van der Waals surface area (Å²) in [5, 5.41) is 9.70. The van der Waals surface area contributed by atoms with Crippen LogP contribution in [-0.4, -0.2) is 72.5 Å². The van der Waals surface area contributed by atoms with Crippen molar-refractivity contribution in [3.63, 3.8) is 0 Å². The van der Waals surface area contributed by atoms with E-state index >= 15 is 0 Å². The Morgan fingerprint density at radius 3 is 2.71 bits per heavy atom. The second-order valence-electron chi connectivity index (χ2n) is 8.04. The molecule has 0 unspecified atom stereocenters. The molecule has 0 saturated carbocycles. The van der Waals surface area contributed by atoms with Gasteiger partial charge in [0.05, 0.1) is 13.2 Å². The quantitative estimate of drug-likeness (QED) is 0.753. The zero-order valence-corrected chi connectivity index (χ0v) is 19.0. The molecule has 3 rings (SSSR count). The first kappa shape index (κ1) is 23.2. The van der Waals surface area contributed by atoms with E-state index in [0.29, 0.717) is 6.54 Å². The fourth-order valence-electron chi connectivity index (χ4n) is 3.56. The van der Waals surface area contributed by atoms with Gasteiger partial charge in [-0.15, -0.1) is 0 Å². The molecule has 3 atom stereocenters. The van der Waals surface area contributed by atoms with Crippen LogP contribution in [0.2, 0.25) is 0 Å². The van der Waals surface area contributed by atoms with Gasteiger partial charge in [-0.2, -0.15) is 4.31 Å². The highest BCUT2D eigenvalue weighted by atomic mass is 32.2. The third-order valence-corrected chi connectivity index (χ3v) is 7.67. The van der Waals surface area contributed by atoms with Crippen molar-refractivity contribution in [2.45, 2.75) is 37.8 Å². The van der Waals surface area contributed by atoms with Gasteiger partial charge in [0.15, 0.2) is 0 Å². The van der Waals surface area contributed by atoms with Gasteiger partial charge >= 0.3 is 0 Å². The van der Waals surface area contributed by atoms with Crippen LogP contribution in [0.4, 0.5) is 0 Å². The molecular weight excluding hydrogens is 418 g/mol. The van der Waals surface area contributed by atoms with E-state index in [0.717, 1.165) is 11.1 Å². The van der Waals surface area contributed by atoms with Crippen LogP contribution >= 0.6 is 0 Å². The Hall–Kier alpha value is -2.49. The fraction of sp³-hybridized carbons (Fsp3) is 0.455. The van der Waals surface area contributed by atoms with Crippen molar-refractivity contribution in [2.75, 3.05) is 26.7 Å². The summed E-state index contributed by atoms with van der Waals surface area (Å²) >= 11 is 0. The number of carbonyl (C=O) groups excluding carboxylic acids is 1. The molecule has 9 heteroatoms. The van der Waals surface area contributed by atoms with Gasteiger partial charge in [-0.3, -0.25) is 9.78 Å². The maximum Gasteiger partial charge on any atom is 0.247 e. The van der Waals surface area contributed by atoms with Crippen LogP contribution in [0.1, 0.15) is 20.8 Å². The lowest BCUT2D eigenvalue weighted by Gasteiger charge is -2.37. The summed E-state index contributed by atoms with van der Waals surface area (Å²) in [4.78, 5) is 17.5. The summed E-state index contributed by atoms with van der Waals surface area (Å²) in [5.74, 6) is -0.0961. The molecule has 8 nitrogen and oxygen atoms in total. The number of aromatic nitrogens is 1. The average Bonchev–Trinajstić information content (AvgIpc) is 2.75. The summed E-state index contributed by atoms with van der Waals surface area (Å²) in [5.41, 5.74) is 1.61. The van der Waals surface area contributed by atoms with Gasteiger partial charge in [-0.05, 0) is 30.7 Å². The van der Waals surface area contributed by atoms with Gasteiger partial charge in [0, 0.05) is 50.4 Å². The highest BCUT2D eigenvalue weighted by Gasteiger charge is 2.38. The minimum atomic E-state index is -3.90. The minimum Gasteiger partial charge on any atom is -0.487 e. The second kappa shape index (κ2) is 9.33. The number of hydrogen-bond donors (Lipinski definition) is 1. The largest absolute Gasteiger partial charge is 0.487 e. The molecule has 1 N–H and O–H groups in total. The van der Waals surface area contributed by atoms with E-state index in [2.05, 4.69) is 4.98 Å². The molecule has 168 valence electrons. The maximum absolute atomic E-state index is 13.5. The number of rotatable bonds is 5. The Kier molecular flexibility index (Phi) is 6.98. The van der Waals surface area contributed by atoms with Crippen molar-refractivity contribution in [3.05, 3.63) is 42.7 Å². The minimum absolute atomic E-state index is 0.0443. The van der Waals surface area contributed by atoms with Crippen molar-refractivity contribution in [2.24, 2.45) is 5.92 Å². The molecule has 0 fully saturated rings. The van der Waals surface area contributed by atoms with Gasteiger partial charge in [0.2, 0.25) is 15.9 Å². The lowest BCUT2D eigenvalue weighted by molar-refractivity contribution is -0.129. The first-order valence-electron chi connectivity index (χ1n) is 10.2. The number of likely N-dealkylation sites (N-methyl/N-ethyl adjacent to an activating group) is 1. The number of sulfonamides is 1. The van der Waals surface area contributed by atoms with E-state index < -0.39 is 22.2 Å². The van der Waals surface area contributed by atoms with Crippen LogP contribution in [0.5, 0.6) is 5.75 Å². The molecule has 1 aliphatic rings. The van der Waals surface area contributed by atoms with Gasteiger partial charge < -0.3 is 14.7 Å². The van der Waals surface area contributed by atoms with E-state index in [1.165, 1.54) is 17.3 Å². The molecule has 0 bridgehead atoms. The van der Waals surface area contributed by atoms with E-state index in [1.807, 2.05) is 13.0 Å². The smallest absolute Gasteiger partial charge is 0.247 e. The maximum atomic E-state index is 13.5. The first-order chi connectivity index (χ1) is 14.6. The van der Waals surface area contributed by atoms with E-state index in [9.17, 15) is 18.3 Å².